The second-order valence-electron chi connectivity index (χ2n) is 3.92. The minimum absolute atomic E-state index is 0.0471. The zero-order valence-corrected chi connectivity index (χ0v) is 12.1. The quantitative estimate of drug-likeness (QED) is 0.463. The van der Waals surface area contributed by atoms with Crippen LogP contribution in [0.4, 0.5) is 0 Å². The zero-order valence-electron chi connectivity index (χ0n) is 11.1. The van der Waals surface area contributed by atoms with E-state index in [2.05, 4.69) is 0 Å². The van der Waals surface area contributed by atoms with Gasteiger partial charge in [-0.25, -0.2) is 0 Å². The zero-order chi connectivity index (χ0) is 13.3. The highest BCUT2D eigenvalue weighted by Gasteiger charge is 2.47. The molecule has 6 N–H and O–H groups in total. The van der Waals surface area contributed by atoms with Crippen molar-refractivity contribution in [3.8, 4) is 0 Å². The van der Waals surface area contributed by atoms with Crippen molar-refractivity contribution in [3.05, 3.63) is 0 Å². The number of hydrogen-bond donors (Lipinski definition) is 3. The van der Waals surface area contributed by atoms with Crippen LogP contribution in [-0.4, -0.2) is 47.9 Å². The normalized spacial score (nSPS) is 14.3. The van der Waals surface area contributed by atoms with Gasteiger partial charge in [-0.1, -0.05) is 6.92 Å². The molecule has 0 rings (SSSR count). The molecule has 1 atom stereocenters. The van der Waals surface area contributed by atoms with Crippen molar-refractivity contribution in [1.82, 2.24) is 0 Å². The van der Waals surface area contributed by atoms with Crippen molar-refractivity contribution < 1.29 is 13.3 Å². The highest BCUT2D eigenvalue weighted by atomic mass is 28.4. The lowest BCUT2D eigenvalue weighted by molar-refractivity contribution is 0.0414. The van der Waals surface area contributed by atoms with E-state index >= 15 is 0 Å². The van der Waals surface area contributed by atoms with E-state index in [1.807, 2.05) is 6.92 Å². The Hall–Kier alpha value is -0.0231. The highest BCUT2D eigenvalue weighted by molar-refractivity contribution is 6.62. The molecule has 0 heterocycles. The fourth-order valence-corrected chi connectivity index (χ4v) is 4.03. The molecule has 1 unspecified atom stereocenters. The van der Waals surface area contributed by atoms with Crippen molar-refractivity contribution in [2.24, 2.45) is 17.2 Å². The van der Waals surface area contributed by atoms with Crippen LogP contribution >= 0.6 is 0 Å². The van der Waals surface area contributed by atoms with Crippen LogP contribution in [0.2, 0.25) is 0 Å². The van der Waals surface area contributed by atoms with Crippen molar-refractivity contribution >= 4 is 8.80 Å². The first-order valence-electron chi connectivity index (χ1n) is 6.03. The first kappa shape index (κ1) is 17.0. The van der Waals surface area contributed by atoms with Crippen molar-refractivity contribution in [3.63, 3.8) is 0 Å². The van der Waals surface area contributed by atoms with Crippen molar-refractivity contribution in [2.75, 3.05) is 27.3 Å². The fraction of sp³-hybridized carbons (Fsp3) is 1.00. The van der Waals surface area contributed by atoms with Crippen LogP contribution in [0, 0.1) is 0 Å². The van der Waals surface area contributed by atoms with E-state index in [0.717, 1.165) is 19.3 Å². The maximum Gasteiger partial charge on any atom is 0.518 e. The third kappa shape index (κ3) is 5.00. The predicted octanol–water partition coefficient (Wildman–Crippen LogP) is -0.423. The summed E-state index contributed by atoms with van der Waals surface area (Å²) >= 11 is 0. The molecule has 0 saturated heterocycles. The fourth-order valence-electron chi connectivity index (χ4n) is 1.69. The van der Waals surface area contributed by atoms with E-state index in [9.17, 15) is 0 Å². The number of rotatable bonds is 10. The van der Waals surface area contributed by atoms with Gasteiger partial charge in [0.05, 0.1) is 11.8 Å². The minimum atomic E-state index is -2.82. The molecule has 0 aliphatic carbocycles. The van der Waals surface area contributed by atoms with Crippen LogP contribution in [0.5, 0.6) is 0 Å². The van der Waals surface area contributed by atoms with E-state index < -0.39 is 8.80 Å². The summed E-state index contributed by atoms with van der Waals surface area (Å²) in [4.78, 5) is 0. The minimum Gasteiger partial charge on any atom is -0.376 e. The summed E-state index contributed by atoms with van der Waals surface area (Å²) in [5.41, 5.74) is 16.9. The lowest BCUT2D eigenvalue weighted by atomic mass is 10.2. The van der Waals surface area contributed by atoms with Gasteiger partial charge in [-0.05, 0) is 32.4 Å². The topological polar surface area (TPSA) is 106 Å². The molecule has 0 spiro atoms. The Bertz CT molecular complexity index is 188. The van der Waals surface area contributed by atoms with E-state index in [4.69, 9.17) is 30.5 Å². The maximum atomic E-state index is 6.04. The van der Waals surface area contributed by atoms with E-state index in [1.54, 1.807) is 14.2 Å². The predicted molar refractivity (Wildman–Crippen MR) is 70.3 cm³/mol. The molecule has 0 bridgehead atoms. The molecular formula is C10H27N3O3Si. The van der Waals surface area contributed by atoms with Crippen molar-refractivity contribution in [1.29, 1.82) is 0 Å². The molecule has 0 radical (unpaired) electrons. The first-order chi connectivity index (χ1) is 8.10. The van der Waals surface area contributed by atoms with Crippen LogP contribution in [0.1, 0.15) is 26.2 Å². The number of hydrogen-bond acceptors (Lipinski definition) is 6. The van der Waals surface area contributed by atoms with Gasteiger partial charge in [-0.3, -0.25) is 0 Å². The molecular weight excluding hydrogens is 238 g/mol. The van der Waals surface area contributed by atoms with E-state index in [1.165, 1.54) is 0 Å². The second kappa shape index (κ2) is 8.98. The Morgan fingerprint density at radius 1 is 1.06 bits per heavy atom. The van der Waals surface area contributed by atoms with Gasteiger partial charge in [0.15, 0.2) is 0 Å². The Balaban J connectivity index is 4.68. The Morgan fingerprint density at radius 3 is 1.82 bits per heavy atom. The van der Waals surface area contributed by atoms with Crippen molar-refractivity contribution in [2.45, 2.75) is 38.0 Å². The van der Waals surface area contributed by atoms with Gasteiger partial charge in [0.1, 0.15) is 0 Å². The summed E-state index contributed by atoms with van der Waals surface area (Å²) in [7, 11) is 0.335. The summed E-state index contributed by atoms with van der Waals surface area (Å²) < 4.78 is 16.9. The van der Waals surface area contributed by atoms with Crippen LogP contribution in [0.25, 0.3) is 0 Å². The van der Waals surface area contributed by atoms with Crippen LogP contribution in [-0.2, 0) is 13.3 Å². The molecule has 0 aromatic carbocycles. The smallest absolute Gasteiger partial charge is 0.376 e. The monoisotopic (exact) mass is 265 g/mol. The molecule has 0 aromatic rings. The third-order valence-electron chi connectivity index (χ3n) is 2.77. The molecule has 0 aliphatic heterocycles. The molecule has 17 heavy (non-hydrogen) atoms. The Labute approximate surface area is 105 Å². The van der Waals surface area contributed by atoms with Gasteiger partial charge in [-0.15, -0.1) is 0 Å². The summed E-state index contributed by atoms with van der Waals surface area (Å²) in [5.74, 6) is 0. The van der Waals surface area contributed by atoms with Gasteiger partial charge in [0, 0.05) is 14.2 Å². The second-order valence-corrected chi connectivity index (χ2v) is 6.92. The third-order valence-corrected chi connectivity index (χ3v) is 5.89. The molecule has 0 saturated carbocycles. The summed E-state index contributed by atoms with van der Waals surface area (Å²) in [6, 6.07) is 0. The van der Waals surface area contributed by atoms with Gasteiger partial charge < -0.3 is 30.5 Å². The molecule has 7 heteroatoms. The van der Waals surface area contributed by atoms with Crippen LogP contribution in [0.3, 0.4) is 0 Å². The van der Waals surface area contributed by atoms with Crippen LogP contribution < -0.4 is 17.2 Å². The molecule has 0 aromatic heterocycles. The Morgan fingerprint density at radius 2 is 1.53 bits per heavy atom. The van der Waals surface area contributed by atoms with Gasteiger partial charge >= 0.3 is 8.80 Å². The lowest BCUT2D eigenvalue weighted by Gasteiger charge is -2.34. The van der Waals surface area contributed by atoms with Gasteiger partial charge in [0.25, 0.3) is 0 Å². The Kier molecular flexibility index (Phi) is 8.97. The van der Waals surface area contributed by atoms with Gasteiger partial charge in [0.2, 0.25) is 0 Å². The standard InChI is InChI=1S/C10H27N3O3Si/c1-4-10(13)17(14-2,15-3)16-9(5-7-11)6-8-12/h9-10H,4-8,11-13H2,1-3H3. The summed E-state index contributed by atoms with van der Waals surface area (Å²) in [6.45, 7) is 3.07. The molecule has 6 nitrogen and oxygen atoms in total. The summed E-state index contributed by atoms with van der Waals surface area (Å²) in [6.07, 6.45) is 2.16. The SMILES string of the molecule is CCC(N)[Si](OC)(OC)OC(CCN)CCN. The average molecular weight is 265 g/mol. The summed E-state index contributed by atoms with van der Waals surface area (Å²) in [5, 5.41) is 0. The maximum absolute atomic E-state index is 6.04. The molecule has 0 aliphatic rings. The molecule has 104 valence electrons. The van der Waals surface area contributed by atoms with Gasteiger partial charge in [-0.2, -0.15) is 0 Å². The van der Waals surface area contributed by atoms with E-state index in [-0.39, 0.29) is 11.8 Å². The molecule has 0 fully saturated rings. The van der Waals surface area contributed by atoms with E-state index in [0.29, 0.717) is 13.1 Å². The number of nitrogens with two attached hydrogens (primary N) is 3. The highest BCUT2D eigenvalue weighted by Crippen LogP contribution is 2.18. The molecule has 0 amide bonds. The van der Waals surface area contributed by atoms with Crippen LogP contribution in [0.15, 0.2) is 0 Å². The average Bonchev–Trinajstić information content (AvgIpc) is 2.35. The first-order valence-corrected chi connectivity index (χ1v) is 7.84. The lowest BCUT2D eigenvalue weighted by Crippen LogP contribution is -2.60. The largest absolute Gasteiger partial charge is 0.518 e.